The molecule has 2 amide bonds. The van der Waals surface area contributed by atoms with E-state index in [1.54, 1.807) is 31.4 Å². The van der Waals surface area contributed by atoms with Gasteiger partial charge in [-0.05, 0) is 49.8 Å². The number of amides is 2. The van der Waals surface area contributed by atoms with Crippen molar-refractivity contribution in [3.8, 4) is 5.75 Å². The molecule has 0 aliphatic carbocycles. The van der Waals surface area contributed by atoms with Gasteiger partial charge < -0.3 is 20.3 Å². The predicted octanol–water partition coefficient (Wildman–Crippen LogP) is 3.52. The van der Waals surface area contributed by atoms with Crippen LogP contribution in [-0.2, 0) is 4.79 Å². The summed E-state index contributed by atoms with van der Waals surface area (Å²) in [5, 5.41) is 6.15. The van der Waals surface area contributed by atoms with Crippen LogP contribution in [-0.4, -0.2) is 50.5 Å². The van der Waals surface area contributed by atoms with Crippen LogP contribution in [0.15, 0.2) is 48.5 Å². The number of ether oxygens (including phenoxy) is 1. The zero-order valence-corrected chi connectivity index (χ0v) is 18.9. The summed E-state index contributed by atoms with van der Waals surface area (Å²) >= 11 is 6.11. The maximum absolute atomic E-state index is 12.9. The lowest BCUT2D eigenvalue weighted by atomic mass is 10.0. The highest BCUT2D eigenvalue weighted by molar-refractivity contribution is 6.33. The molecule has 0 heterocycles. The minimum Gasteiger partial charge on any atom is -0.497 e. The van der Waals surface area contributed by atoms with Crippen molar-refractivity contribution in [3.05, 3.63) is 64.7 Å². The lowest BCUT2D eigenvalue weighted by Gasteiger charge is -2.27. The summed E-state index contributed by atoms with van der Waals surface area (Å²) in [6.45, 7) is 4.19. The largest absolute Gasteiger partial charge is 0.497 e. The maximum Gasteiger partial charge on any atom is 0.253 e. The van der Waals surface area contributed by atoms with Crippen LogP contribution in [0.5, 0.6) is 5.75 Å². The van der Waals surface area contributed by atoms with Crippen LogP contribution >= 0.6 is 11.6 Å². The highest BCUT2D eigenvalue weighted by Gasteiger charge is 2.26. The van der Waals surface area contributed by atoms with Crippen LogP contribution < -0.4 is 15.4 Å². The van der Waals surface area contributed by atoms with E-state index in [1.807, 2.05) is 57.1 Å². The zero-order valence-electron chi connectivity index (χ0n) is 18.1. The van der Waals surface area contributed by atoms with Gasteiger partial charge in [-0.2, -0.15) is 0 Å². The van der Waals surface area contributed by atoms with Crippen molar-refractivity contribution in [2.75, 3.05) is 27.7 Å². The Bertz CT molecular complexity index is 853. The minimum atomic E-state index is -0.674. The topological polar surface area (TPSA) is 70.7 Å². The van der Waals surface area contributed by atoms with Crippen molar-refractivity contribution >= 4 is 23.4 Å². The number of benzene rings is 2. The molecule has 2 N–H and O–H groups in total. The molecule has 2 aromatic carbocycles. The van der Waals surface area contributed by atoms with Crippen molar-refractivity contribution in [2.24, 2.45) is 5.92 Å². The fourth-order valence-corrected chi connectivity index (χ4v) is 3.35. The van der Waals surface area contributed by atoms with Gasteiger partial charge >= 0.3 is 0 Å². The quantitative estimate of drug-likeness (QED) is 0.637. The molecule has 0 saturated heterocycles. The molecule has 0 aliphatic rings. The number of nitrogens with zero attached hydrogens (tertiary/aromatic N) is 1. The van der Waals surface area contributed by atoms with Gasteiger partial charge in [0.25, 0.3) is 5.91 Å². The smallest absolute Gasteiger partial charge is 0.253 e. The summed E-state index contributed by atoms with van der Waals surface area (Å²) in [5.74, 6) is 0.0946. The third-order valence-corrected chi connectivity index (χ3v) is 5.28. The Hall–Kier alpha value is -2.57. The first-order valence-electron chi connectivity index (χ1n) is 9.88. The summed E-state index contributed by atoms with van der Waals surface area (Å²) < 4.78 is 5.21. The molecule has 2 unspecified atom stereocenters. The number of carbonyl (C=O) groups is 2. The van der Waals surface area contributed by atoms with Crippen LogP contribution in [0.25, 0.3) is 0 Å². The van der Waals surface area contributed by atoms with Crippen LogP contribution in [0.1, 0.15) is 35.8 Å². The van der Waals surface area contributed by atoms with Gasteiger partial charge in [-0.3, -0.25) is 9.59 Å². The summed E-state index contributed by atoms with van der Waals surface area (Å²) in [7, 11) is 5.54. The highest BCUT2D eigenvalue weighted by Crippen LogP contribution is 2.21. The molecule has 30 heavy (non-hydrogen) atoms. The van der Waals surface area contributed by atoms with E-state index in [9.17, 15) is 9.59 Å². The summed E-state index contributed by atoms with van der Waals surface area (Å²) in [4.78, 5) is 27.6. The molecular formula is C23H30ClN3O3. The molecule has 0 saturated carbocycles. The molecule has 2 aromatic rings. The average molecular weight is 432 g/mol. The van der Waals surface area contributed by atoms with Crippen molar-refractivity contribution < 1.29 is 14.3 Å². The Kier molecular flexibility index (Phi) is 8.69. The summed E-state index contributed by atoms with van der Waals surface area (Å²) in [6, 6.07) is 13.8. The Labute approximate surface area is 183 Å². The van der Waals surface area contributed by atoms with E-state index in [1.165, 1.54) is 0 Å². The highest BCUT2D eigenvalue weighted by atomic mass is 35.5. The van der Waals surface area contributed by atoms with Crippen molar-refractivity contribution in [1.82, 2.24) is 15.5 Å². The van der Waals surface area contributed by atoms with E-state index in [4.69, 9.17) is 16.3 Å². The molecule has 0 aliphatic heterocycles. The molecule has 0 bridgehead atoms. The lowest BCUT2D eigenvalue weighted by molar-refractivity contribution is -0.124. The van der Waals surface area contributed by atoms with E-state index >= 15 is 0 Å². The second kappa shape index (κ2) is 11.0. The first kappa shape index (κ1) is 23.7. The molecular weight excluding hydrogens is 402 g/mol. The average Bonchev–Trinajstić information content (AvgIpc) is 2.72. The van der Waals surface area contributed by atoms with E-state index < -0.39 is 6.04 Å². The third kappa shape index (κ3) is 6.21. The standard InChI is InChI=1S/C23H30ClN3O3/c1-15(2)21(26-22(28)18-8-6-7-9-19(18)24)23(29)25-14-20(27(3)4)16-10-12-17(30-5)13-11-16/h6-13,15,20-21H,14H2,1-5H3,(H,25,29)(H,26,28). The Morgan fingerprint density at radius 2 is 1.70 bits per heavy atom. The molecule has 0 aromatic heterocycles. The molecule has 6 nitrogen and oxygen atoms in total. The zero-order chi connectivity index (χ0) is 22.3. The number of halogens is 1. The van der Waals surface area contributed by atoms with Crippen LogP contribution in [0.2, 0.25) is 5.02 Å². The van der Waals surface area contributed by atoms with Gasteiger partial charge in [0.1, 0.15) is 11.8 Å². The first-order chi connectivity index (χ1) is 14.2. The van der Waals surface area contributed by atoms with E-state index in [0.29, 0.717) is 17.1 Å². The number of methoxy groups -OCH3 is 1. The lowest BCUT2D eigenvalue weighted by Crippen LogP contribution is -2.51. The van der Waals surface area contributed by atoms with Crippen LogP contribution in [0.4, 0.5) is 0 Å². The summed E-state index contributed by atoms with van der Waals surface area (Å²) in [5.41, 5.74) is 1.41. The molecule has 0 fully saturated rings. The number of nitrogens with one attached hydrogen (secondary N) is 2. The van der Waals surface area contributed by atoms with Gasteiger partial charge in [0.2, 0.25) is 5.91 Å². The normalized spacial score (nSPS) is 13.1. The fourth-order valence-electron chi connectivity index (χ4n) is 3.13. The van der Waals surface area contributed by atoms with Crippen molar-refractivity contribution in [2.45, 2.75) is 25.9 Å². The number of rotatable bonds is 9. The maximum atomic E-state index is 12.9. The van der Waals surface area contributed by atoms with E-state index in [-0.39, 0.29) is 23.8 Å². The van der Waals surface area contributed by atoms with Gasteiger partial charge in [0.05, 0.1) is 23.7 Å². The minimum absolute atomic E-state index is 0.0214. The molecule has 0 spiro atoms. The molecule has 162 valence electrons. The number of carbonyl (C=O) groups excluding carboxylic acids is 2. The number of likely N-dealkylation sites (N-methyl/N-ethyl adjacent to an activating group) is 1. The van der Waals surface area contributed by atoms with E-state index in [2.05, 4.69) is 10.6 Å². The third-order valence-electron chi connectivity index (χ3n) is 4.95. The Balaban J connectivity index is 2.07. The molecule has 2 atom stereocenters. The SMILES string of the molecule is COc1ccc(C(CNC(=O)C(NC(=O)c2ccccc2Cl)C(C)C)N(C)C)cc1. The van der Waals surface area contributed by atoms with Crippen LogP contribution in [0, 0.1) is 5.92 Å². The first-order valence-corrected chi connectivity index (χ1v) is 10.3. The van der Waals surface area contributed by atoms with Gasteiger partial charge in [-0.1, -0.05) is 49.7 Å². The van der Waals surface area contributed by atoms with Gasteiger partial charge in [0, 0.05) is 6.54 Å². The van der Waals surface area contributed by atoms with Crippen molar-refractivity contribution in [3.63, 3.8) is 0 Å². The summed E-state index contributed by atoms with van der Waals surface area (Å²) in [6.07, 6.45) is 0. The fraction of sp³-hybridized carbons (Fsp3) is 0.391. The molecule has 7 heteroatoms. The monoisotopic (exact) mass is 431 g/mol. The van der Waals surface area contributed by atoms with Crippen LogP contribution in [0.3, 0.4) is 0 Å². The number of hydrogen-bond donors (Lipinski definition) is 2. The molecule has 0 radical (unpaired) electrons. The molecule has 2 rings (SSSR count). The Morgan fingerprint density at radius 3 is 2.23 bits per heavy atom. The Morgan fingerprint density at radius 1 is 1.07 bits per heavy atom. The van der Waals surface area contributed by atoms with E-state index in [0.717, 1.165) is 11.3 Å². The second-order valence-corrected chi connectivity index (χ2v) is 8.08. The van der Waals surface area contributed by atoms with Gasteiger partial charge in [0.15, 0.2) is 0 Å². The van der Waals surface area contributed by atoms with Gasteiger partial charge in [-0.15, -0.1) is 0 Å². The predicted molar refractivity (Wildman–Crippen MR) is 120 cm³/mol. The van der Waals surface area contributed by atoms with Gasteiger partial charge in [-0.25, -0.2) is 0 Å². The second-order valence-electron chi connectivity index (χ2n) is 7.67. The number of hydrogen-bond acceptors (Lipinski definition) is 4. The van der Waals surface area contributed by atoms with Crippen molar-refractivity contribution in [1.29, 1.82) is 0 Å².